The summed E-state index contributed by atoms with van der Waals surface area (Å²) in [7, 11) is 0. The number of hydrogen-bond donors (Lipinski definition) is 1. The van der Waals surface area contributed by atoms with E-state index in [0.29, 0.717) is 10.6 Å². The lowest BCUT2D eigenvalue weighted by Gasteiger charge is -1.94. The van der Waals surface area contributed by atoms with Gasteiger partial charge in [0.25, 0.3) is 0 Å². The average molecular weight is 258 g/mol. The van der Waals surface area contributed by atoms with Crippen molar-refractivity contribution in [2.45, 2.75) is 0 Å². The van der Waals surface area contributed by atoms with E-state index in [1.807, 2.05) is 0 Å². The number of benzene rings is 1. The molecule has 0 radical (unpaired) electrons. The Kier molecular flexibility index (Phi) is 2.89. The van der Waals surface area contributed by atoms with Crippen molar-refractivity contribution in [3.05, 3.63) is 40.1 Å². The number of thiazole rings is 1. The number of hydrogen-bond acceptors (Lipinski definition) is 3. The third-order valence-corrected chi connectivity index (χ3v) is 3.33. The van der Waals surface area contributed by atoms with Crippen LogP contribution in [0, 0.1) is 5.82 Å². The van der Waals surface area contributed by atoms with Crippen molar-refractivity contribution in [3.8, 4) is 10.6 Å². The van der Waals surface area contributed by atoms with Gasteiger partial charge in [-0.05, 0) is 12.1 Å². The second-order valence-electron chi connectivity index (χ2n) is 2.95. The van der Waals surface area contributed by atoms with Gasteiger partial charge in [-0.3, -0.25) is 0 Å². The molecule has 0 bridgehead atoms. The molecule has 0 aliphatic rings. The maximum atomic E-state index is 12.9. The first-order valence-corrected chi connectivity index (χ1v) is 5.43. The van der Waals surface area contributed by atoms with E-state index in [-0.39, 0.29) is 10.0 Å². The second-order valence-corrected chi connectivity index (χ2v) is 4.31. The van der Waals surface area contributed by atoms with E-state index in [2.05, 4.69) is 4.98 Å². The van der Waals surface area contributed by atoms with Gasteiger partial charge in [0.1, 0.15) is 10.8 Å². The molecule has 1 N–H and O–H groups in total. The summed E-state index contributed by atoms with van der Waals surface area (Å²) >= 11 is 6.57. The summed E-state index contributed by atoms with van der Waals surface area (Å²) in [6.07, 6.45) is 0. The Morgan fingerprint density at radius 1 is 1.50 bits per heavy atom. The Labute approximate surface area is 99.1 Å². The summed E-state index contributed by atoms with van der Waals surface area (Å²) < 4.78 is 12.9. The number of carbonyl (C=O) groups is 1. The number of carboxylic acid groups (broad SMARTS) is 1. The van der Waals surface area contributed by atoms with E-state index in [1.54, 1.807) is 6.07 Å². The maximum absolute atomic E-state index is 12.9. The smallest absolute Gasteiger partial charge is 0.349 e. The van der Waals surface area contributed by atoms with Crippen LogP contribution in [0.2, 0.25) is 5.15 Å². The Bertz CT molecular complexity index is 556. The minimum absolute atomic E-state index is 0.0408. The van der Waals surface area contributed by atoms with Crippen LogP contribution < -0.4 is 0 Å². The predicted octanol–water partition coefficient (Wildman–Crippen LogP) is 3.30. The van der Waals surface area contributed by atoms with Crippen LogP contribution >= 0.6 is 22.9 Å². The first-order chi connectivity index (χ1) is 7.58. The molecule has 0 unspecified atom stereocenters. The third-order valence-electron chi connectivity index (χ3n) is 1.85. The molecule has 0 fully saturated rings. The van der Waals surface area contributed by atoms with Crippen LogP contribution in [0.15, 0.2) is 24.3 Å². The molecular formula is C10H5ClFNO2S. The number of halogens is 2. The SMILES string of the molecule is O=C(O)c1sc(-c2cccc(F)c2)nc1Cl. The minimum atomic E-state index is -1.13. The Hall–Kier alpha value is -1.46. The van der Waals surface area contributed by atoms with Crippen LogP contribution in [0.5, 0.6) is 0 Å². The molecule has 3 nitrogen and oxygen atoms in total. The summed E-state index contributed by atoms with van der Waals surface area (Å²) in [5, 5.41) is 9.11. The van der Waals surface area contributed by atoms with Gasteiger partial charge in [0.05, 0.1) is 0 Å². The van der Waals surface area contributed by atoms with Crippen LogP contribution in [-0.4, -0.2) is 16.1 Å². The summed E-state index contributed by atoms with van der Waals surface area (Å²) in [5.74, 6) is -1.54. The highest BCUT2D eigenvalue weighted by Gasteiger charge is 2.16. The van der Waals surface area contributed by atoms with Crippen molar-refractivity contribution in [2.75, 3.05) is 0 Å². The fraction of sp³-hybridized carbons (Fsp3) is 0. The fourth-order valence-corrected chi connectivity index (χ4v) is 2.30. The Morgan fingerprint density at radius 3 is 2.81 bits per heavy atom. The molecule has 82 valence electrons. The zero-order valence-electron chi connectivity index (χ0n) is 7.78. The Balaban J connectivity index is 2.49. The molecule has 6 heteroatoms. The molecule has 2 aromatic rings. The van der Waals surface area contributed by atoms with Crippen molar-refractivity contribution in [2.24, 2.45) is 0 Å². The number of nitrogens with zero attached hydrogens (tertiary/aromatic N) is 1. The van der Waals surface area contributed by atoms with Crippen LogP contribution in [-0.2, 0) is 0 Å². The van der Waals surface area contributed by atoms with Crippen LogP contribution in [0.1, 0.15) is 9.67 Å². The summed E-state index contributed by atoms with van der Waals surface area (Å²) in [6.45, 7) is 0. The first kappa shape index (κ1) is 11.0. The molecule has 0 atom stereocenters. The normalized spacial score (nSPS) is 10.4. The van der Waals surface area contributed by atoms with Crippen LogP contribution in [0.4, 0.5) is 4.39 Å². The first-order valence-electron chi connectivity index (χ1n) is 4.23. The molecule has 1 aromatic heterocycles. The molecule has 1 aromatic carbocycles. The second kappa shape index (κ2) is 4.19. The van der Waals surface area contributed by atoms with Gasteiger partial charge >= 0.3 is 5.97 Å². The molecular weight excluding hydrogens is 253 g/mol. The summed E-state index contributed by atoms with van der Waals surface area (Å²) in [6, 6.07) is 5.75. The van der Waals surface area contributed by atoms with Gasteiger partial charge in [-0.15, -0.1) is 11.3 Å². The van der Waals surface area contributed by atoms with E-state index in [4.69, 9.17) is 16.7 Å². The quantitative estimate of drug-likeness (QED) is 0.898. The van der Waals surface area contributed by atoms with E-state index >= 15 is 0 Å². The van der Waals surface area contributed by atoms with Gasteiger partial charge in [0.15, 0.2) is 10.0 Å². The predicted molar refractivity (Wildman–Crippen MR) is 59.5 cm³/mol. The van der Waals surface area contributed by atoms with Gasteiger partial charge in [-0.25, -0.2) is 14.2 Å². The molecule has 16 heavy (non-hydrogen) atoms. The highest BCUT2D eigenvalue weighted by molar-refractivity contribution is 7.17. The van der Waals surface area contributed by atoms with Crippen LogP contribution in [0.25, 0.3) is 10.6 Å². The molecule has 0 aliphatic carbocycles. The summed E-state index contributed by atoms with van der Waals surface area (Å²) in [5.41, 5.74) is 0.513. The topological polar surface area (TPSA) is 50.2 Å². The average Bonchev–Trinajstić information content (AvgIpc) is 2.60. The minimum Gasteiger partial charge on any atom is -0.477 e. The lowest BCUT2D eigenvalue weighted by atomic mass is 10.2. The number of carboxylic acids is 1. The lowest BCUT2D eigenvalue weighted by Crippen LogP contribution is -1.91. The monoisotopic (exact) mass is 257 g/mol. The van der Waals surface area contributed by atoms with Gasteiger partial charge in [0, 0.05) is 5.56 Å². The van der Waals surface area contributed by atoms with Gasteiger partial charge in [-0.1, -0.05) is 23.7 Å². The van der Waals surface area contributed by atoms with Crippen LogP contribution in [0.3, 0.4) is 0 Å². The molecule has 0 saturated heterocycles. The highest BCUT2D eigenvalue weighted by Crippen LogP contribution is 2.30. The molecule has 0 aliphatic heterocycles. The van der Waals surface area contributed by atoms with E-state index in [0.717, 1.165) is 11.3 Å². The number of aromatic nitrogens is 1. The number of rotatable bonds is 2. The largest absolute Gasteiger partial charge is 0.477 e. The summed E-state index contributed by atoms with van der Waals surface area (Å²) in [4.78, 5) is 14.6. The fourth-order valence-electron chi connectivity index (χ4n) is 1.18. The van der Waals surface area contributed by atoms with Crippen molar-refractivity contribution in [1.82, 2.24) is 4.98 Å². The maximum Gasteiger partial charge on any atom is 0.349 e. The van der Waals surface area contributed by atoms with E-state index in [9.17, 15) is 9.18 Å². The standard InChI is InChI=1S/C10H5ClFNO2S/c11-8-7(10(14)15)16-9(13-8)5-2-1-3-6(12)4-5/h1-4H,(H,14,15). The Morgan fingerprint density at radius 2 is 2.25 bits per heavy atom. The molecule has 0 amide bonds. The van der Waals surface area contributed by atoms with E-state index < -0.39 is 11.8 Å². The zero-order valence-corrected chi connectivity index (χ0v) is 9.35. The lowest BCUT2D eigenvalue weighted by molar-refractivity contribution is 0.0702. The van der Waals surface area contributed by atoms with Gasteiger partial charge in [-0.2, -0.15) is 0 Å². The van der Waals surface area contributed by atoms with Gasteiger partial charge < -0.3 is 5.11 Å². The highest BCUT2D eigenvalue weighted by atomic mass is 35.5. The van der Waals surface area contributed by atoms with Crippen molar-refractivity contribution in [3.63, 3.8) is 0 Å². The van der Waals surface area contributed by atoms with Crippen molar-refractivity contribution in [1.29, 1.82) is 0 Å². The molecule has 1 heterocycles. The molecule has 0 saturated carbocycles. The molecule has 2 rings (SSSR count). The number of aromatic carboxylic acids is 1. The van der Waals surface area contributed by atoms with Crippen molar-refractivity contribution < 1.29 is 14.3 Å². The molecule has 0 spiro atoms. The third kappa shape index (κ3) is 2.05. The van der Waals surface area contributed by atoms with E-state index in [1.165, 1.54) is 18.2 Å². The van der Waals surface area contributed by atoms with Crippen molar-refractivity contribution >= 4 is 28.9 Å². The van der Waals surface area contributed by atoms with Gasteiger partial charge in [0.2, 0.25) is 0 Å². The zero-order chi connectivity index (χ0) is 11.7.